The van der Waals surface area contributed by atoms with Gasteiger partial charge in [0.25, 0.3) is 0 Å². The van der Waals surface area contributed by atoms with Crippen molar-refractivity contribution >= 4 is 21.6 Å². The molecule has 0 bridgehead atoms. The van der Waals surface area contributed by atoms with Gasteiger partial charge < -0.3 is 5.32 Å². The van der Waals surface area contributed by atoms with E-state index in [-0.39, 0.29) is 29.6 Å². The number of rotatable bonds is 5. The van der Waals surface area contributed by atoms with E-state index in [0.29, 0.717) is 24.4 Å². The quantitative estimate of drug-likeness (QED) is 0.632. The van der Waals surface area contributed by atoms with Crippen molar-refractivity contribution in [3.63, 3.8) is 0 Å². The summed E-state index contributed by atoms with van der Waals surface area (Å²) in [5.41, 5.74) is 0.527. The number of nitrogens with one attached hydrogen (secondary N) is 1. The number of nitrogens with zero attached hydrogens (tertiary/aromatic N) is 6. The largest absolute Gasteiger partial charge is 0.323 e. The third kappa shape index (κ3) is 4.30. The van der Waals surface area contributed by atoms with Crippen molar-refractivity contribution < 1.29 is 17.6 Å². The molecule has 0 aliphatic carbocycles. The summed E-state index contributed by atoms with van der Waals surface area (Å²) >= 11 is 0. The zero-order valence-electron chi connectivity index (χ0n) is 16.6. The lowest BCUT2D eigenvalue weighted by atomic mass is 9.97. The van der Waals surface area contributed by atoms with Crippen LogP contribution >= 0.6 is 0 Å². The molecular formula is C19H20FN7O3S. The number of hydrogen-bond donors (Lipinski definition) is 1. The smallest absolute Gasteiger partial charge is 0.244 e. The van der Waals surface area contributed by atoms with Gasteiger partial charge >= 0.3 is 0 Å². The maximum atomic E-state index is 14.3. The first-order valence-electron chi connectivity index (χ1n) is 9.62. The highest BCUT2D eigenvalue weighted by atomic mass is 32.2. The predicted molar refractivity (Wildman–Crippen MR) is 108 cm³/mol. The highest BCUT2D eigenvalue weighted by molar-refractivity contribution is 7.89. The Morgan fingerprint density at radius 2 is 2.00 bits per heavy atom. The van der Waals surface area contributed by atoms with Crippen molar-refractivity contribution in [1.82, 2.24) is 29.5 Å². The van der Waals surface area contributed by atoms with E-state index in [0.717, 1.165) is 0 Å². The molecule has 0 saturated carbocycles. The summed E-state index contributed by atoms with van der Waals surface area (Å²) in [5.74, 6) is -0.855. The van der Waals surface area contributed by atoms with Crippen molar-refractivity contribution in [1.29, 1.82) is 0 Å². The van der Waals surface area contributed by atoms with Crippen molar-refractivity contribution in [3.05, 3.63) is 54.4 Å². The van der Waals surface area contributed by atoms with Crippen LogP contribution < -0.4 is 5.32 Å². The molecule has 162 valence electrons. The molecule has 1 amide bonds. The van der Waals surface area contributed by atoms with Crippen LogP contribution in [0, 0.1) is 18.7 Å². The number of pyridine rings is 1. The number of amides is 1. The third-order valence-electron chi connectivity index (χ3n) is 5.17. The van der Waals surface area contributed by atoms with Gasteiger partial charge in [0.2, 0.25) is 15.9 Å². The number of piperidine rings is 1. The Labute approximate surface area is 178 Å². The van der Waals surface area contributed by atoms with Gasteiger partial charge in [-0.25, -0.2) is 12.8 Å². The lowest BCUT2D eigenvalue weighted by Crippen LogP contribution is -2.41. The van der Waals surface area contributed by atoms with E-state index in [1.54, 1.807) is 13.0 Å². The van der Waals surface area contributed by atoms with Gasteiger partial charge in [0.1, 0.15) is 10.7 Å². The number of hydrogen-bond acceptors (Lipinski definition) is 7. The molecule has 0 spiro atoms. The summed E-state index contributed by atoms with van der Waals surface area (Å²) in [5, 5.41) is 13.8. The maximum Gasteiger partial charge on any atom is 0.244 e. The van der Waals surface area contributed by atoms with Crippen LogP contribution in [0.15, 0.2) is 47.6 Å². The molecule has 31 heavy (non-hydrogen) atoms. The molecule has 12 heteroatoms. The Kier molecular flexibility index (Phi) is 5.74. The van der Waals surface area contributed by atoms with Crippen LogP contribution in [0.1, 0.15) is 18.7 Å². The number of aryl methyl sites for hydroxylation is 1. The number of halogens is 1. The summed E-state index contributed by atoms with van der Waals surface area (Å²) in [4.78, 5) is 16.7. The van der Waals surface area contributed by atoms with E-state index < -0.39 is 21.8 Å². The van der Waals surface area contributed by atoms with Crippen molar-refractivity contribution in [2.45, 2.75) is 24.7 Å². The molecule has 4 rings (SSSR count). The second-order valence-electron chi connectivity index (χ2n) is 7.16. The summed E-state index contributed by atoms with van der Waals surface area (Å²) in [7, 11) is -3.65. The van der Waals surface area contributed by atoms with Gasteiger partial charge in [-0.15, -0.1) is 5.10 Å². The van der Waals surface area contributed by atoms with Gasteiger partial charge in [0, 0.05) is 31.4 Å². The number of benzene rings is 1. The number of anilines is 1. The van der Waals surface area contributed by atoms with E-state index in [1.165, 1.54) is 45.6 Å². The van der Waals surface area contributed by atoms with Gasteiger partial charge in [0.05, 0.1) is 11.4 Å². The lowest BCUT2D eigenvalue weighted by Gasteiger charge is -2.30. The Balaban J connectivity index is 1.43. The number of aromatic nitrogens is 5. The maximum absolute atomic E-state index is 14.3. The second kappa shape index (κ2) is 8.47. The molecule has 0 atom stereocenters. The topological polar surface area (TPSA) is 123 Å². The molecule has 1 fully saturated rings. The fourth-order valence-corrected chi connectivity index (χ4v) is 4.89. The van der Waals surface area contributed by atoms with Crippen LogP contribution in [-0.2, 0) is 14.8 Å². The molecule has 2 aromatic heterocycles. The SMILES string of the molecule is Cc1nnnn1-c1ccc(F)c(NC(=O)C2CCN(S(=O)(=O)c3cccnc3)CC2)c1. The molecule has 3 heterocycles. The molecule has 1 aromatic carbocycles. The van der Waals surface area contributed by atoms with Gasteiger partial charge in [-0.1, -0.05) is 0 Å². The highest BCUT2D eigenvalue weighted by Gasteiger charge is 2.32. The highest BCUT2D eigenvalue weighted by Crippen LogP contribution is 2.26. The van der Waals surface area contributed by atoms with Crippen LogP contribution in [0.25, 0.3) is 5.69 Å². The Hall–Kier alpha value is -3.25. The minimum atomic E-state index is -3.65. The Morgan fingerprint density at radius 3 is 2.65 bits per heavy atom. The van der Waals surface area contributed by atoms with E-state index in [1.807, 2.05) is 0 Å². The second-order valence-corrected chi connectivity index (χ2v) is 9.10. The Bertz CT molecular complexity index is 1190. The van der Waals surface area contributed by atoms with E-state index in [2.05, 4.69) is 25.8 Å². The standard InChI is InChI=1S/C19H20FN7O3S/c1-13-23-24-25-27(13)15-4-5-17(20)18(11-15)22-19(28)14-6-9-26(10-7-14)31(29,30)16-3-2-8-21-12-16/h2-5,8,11-12,14H,6-7,9-10H2,1H3,(H,22,28). The van der Waals surface area contributed by atoms with E-state index >= 15 is 0 Å². The number of tetrazole rings is 1. The van der Waals surface area contributed by atoms with Crippen LogP contribution in [0.4, 0.5) is 10.1 Å². The minimum absolute atomic E-state index is 0.0165. The van der Waals surface area contributed by atoms with E-state index in [9.17, 15) is 17.6 Å². The molecule has 1 saturated heterocycles. The summed E-state index contributed by atoms with van der Waals surface area (Å²) < 4.78 is 42.4. The average molecular weight is 445 g/mol. The summed E-state index contributed by atoms with van der Waals surface area (Å²) in [6, 6.07) is 7.25. The average Bonchev–Trinajstić information content (AvgIpc) is 3.22. The molecule has 1 aliphatic heterocycles. The third-order valence-corrected chi connectivity index (χ3v) is 7.06. The van der Waals surface area contributed by atoms with Crippen LogP contribution in [0.3, 0.4) is 0 Å². The molecule has 1 aliphatic rings. The van der Waals surface area contributed by atoms with E-state index in [4.69, 9.17) is 0 Å². The van der Waals surface area contributed by atoms with Gasteiger partial charge in [-0.05, 0) is 60.5 Å². The molecule has 0 radical (unpaired) electrons. The zero-order chi connectivity index (χ0) is 22.0. The fraction of sp³-hybridized carbons (Fsp3) is 0.316. The minimum Gasteiger partial charge on any atom is -0.323 e. The summed E-state index contributed by atoms with van der Waals surface area (Å²) in [6.07, 6.45) is 3.47. The first-order valence-corrected chi connectivity index (χ1v) is 11.1. The van der Waals surface area contributed by atoms with Crippen LogP contribution in [0.2, 0.25) is 0 Å². The van der Waals surface area contributed by atoms with Crippen LogP contribution in [-0.4, -0.2) is 56.9 Å². The van der Waals surface area contributed by atoms with Crippen LogP contribution in [0.5, 0.6) is 0 Å². The van der Waals surface area contributed by atoms with Crippen molar-refractivity contribution in [3.8, 4) is 5.69 Å². The van der Waals surface area contributed by atoms with Crippen molar-refractivity contribution in [2.75, 3.05) is 18.4 Å². The van der Waals surface area contributed by atoms with Gasteiger partial charge in [-0.3, -0.25) is 9.78 Å². The number of carbonyl (C=O) groups is 1. The first kappa shape index (κ1) is 21.0. The lowest BCUT2D eigenvalue weighted by molar-refractivity contribution is -0.120. The Morgan fingerprint density at radius 1 is 1.23 bits per heavy atom. The van der Waals surface area contributed by atoms with Crippen molar-refractivity contribution in [2.24, 2.45) is 5.92 Å². The fourth-order valence-electron chi connectivity index (χ4n) is 3.45. The molecule has 10 nitrogen and oxygen atoms in total. The number of sulfonamides is 1. The van der Waals surface area contributed by atoms with Gasteiger partial charge in [0.15, 0.2) is 5.82 Å². The number of carbonyl (C=O) groups excluding carboxylic acids is 1. The zero-order valence-corrected chi connectivity index (χ0v) is 17.5. The monoisotopic (exact) mass is 445 g/mol. The van der Waals surface area contributed by atoms with Gasteiger partial charge in [-0.2, -0.15) is 8.99 Å². The first-order chi connectivity index (χ1) is 14.9. The molecule has 1 N–H and O–H groups in total. The normalized spacial score (nSPS) is 15.7. The molecule has 0 unspecified atom stereocenters. The molecular weight excluding hydrogens is 425 g/mol. The molecule has 3 aromatic rings. The summed E-state index contributed by atoms with van der Waals surface area (Å²) in [6.45, 7) is 2.10. The predicted octanol–water partition coefficient (Wildman–Crippen LogP) is 1.54.